The molecule has 0 atom stereocenters. The third kappa shape index (κ3) is 1.91. The second-order valence-electron chi connectivity index (χ2n) is 3.89. The Labute approximate surface area is 99.5 Å². The number of hydrogen-bond acceptors (Lipinski definition) is 3. The van der Waals surface area contributed by atoms with E-state index in [9.17, 15) is 4.79 Å². The monoisotopic (exact) mass is 233 g/mol. The van der Waals surface area contributed by atoms with Crippen LogP contribution in [0.25, 0.3) is 10.9 Å². The molecule has 1 aromatic carbocycles. The third-order valence-electron chi connectivity index (χ3n) is 2.85. The molecule has 0 unspecified atom stereocenters. The summed E-state index contributed by atoms with van der Waals surface area (Å²) >= 11 is 0. The molecule has 17 heavy (non-hydrogen) atoms. The van der Waals surface area contributed by atoms with Gasteiger partial charge in [-0.25, -0.2) is 4.79 Å². The maximum atomic E-state index is 11.6. The topological polar surface area (TPSA) is 51.3 Å². The lowest BCUT2D eigenvalue weighted by atomic mass is 10.1. The number of ether oxygens (including phenoxy) is 2. The maximum absolute atomic E-state index is 11.6. The first kappa shape index (κ1) is 11.7. The van der Waals surface area contributed by atoms with Gasteiger partial charge in [0.2, 0.25) is 0 Å². The molecule has 0 fully saturated rings. The van der Waals surface area contributed by atoms with Crippen LogP contribution < -0.4 is 0 Å². The highest BCUT2D eigenvalue weighted by Gasteiger charge is 2.16. The summed E-state index contributed by atoms with van der Waals surface area (Å²) < 4.78 is 9.90. The number of carbonyl (C=O) groups excluding carboxylic acids is 1. The molecule has 0 radical (unpaired) electrons. The van der Waals surface area contributed by atoms with Crippen molar-refractivity contribution >= 4 is 16.9 Å². The Morgan fingerprint density at radius 2 is 2.12 bits per heavy atom. The van der Waals surface area contributed by atoms with E-state index in [-0.39, 0.29) is 5.97 Å². The number of rotatable bonds is 3. The zero-order chi connectivity index (χ0) is 12.4. The molecule has 1 N–H and O–H groups in total. The molecular weight excluding hydrogens is 218 g/mol. The smallest absolute Gasteiger partial charge is 0.354 e. The van der Waals surface area contributed by atoms with E-state index in [1.54, 1.807) is 7.11 Å². The zero-order valence-corrected chi connectivity index (χ0v) is 10.2. The average molecular weight is 233 g/mol. The molecule has 0 saturated heterocycles. The molecule has 4 heteroatoms. The van der Waals surface area contributed by atoms with Crippen LogP contribution in [-0.2, 0) is 16.1 Å². The Hall–Kier alpha value is -1.81. The van der Waals surface area contributed by atoms with Gasteiger partial charge in [-0.2, -0.15) is 0 Å². The van der Waals surface area contributed by atoms with E-state index in [1.165, 1.54) is 7.11 Å². The first-order valence-electron chi connectivity index (χ1n) is 5.36. The van der Waals surface area contributed by atoms with Crippen molar-refractivity contribution < 1.29 is 14.3 Å². The molecule has 0 bridgehead atoms. The first-order valence-corrected chi connectivity index (χ1v) is 5.36. The number of carbonyl (C=O) groups is 1. The lowest BCUT2D eigenvalue weighted by molar-refractivity contribution is 0.0594. The van der Waals surface area contributed by atoms with E-state index >= 15 is 0 Å². The molecule has 1 heterocycles. The molecule has 0 saturated carbocycles. The highest BCUT2D eigenvalue weighted by molar-refractivity contribution is 5.99. The summed E-state index contributed by atoms with van der Waals surface area (Å²) in [6.45, 7) is 2.43. The van der Waals surface area contributed by atoms with Crippen LogP contribution in [0.4, 0.5) is 0 Å². The summed E-state index contributed by atoms with van der Waals surface area (Å²) in [5.74, 6) is -0.345. The molecule has 0 aliphatic heterocycles. The number of esters is 1. The van der Waals surface area contributed by atoms with Crippen LogP contribution in [0.15, 0.2) is 18.2 Å². The van der Waals surface area contributed by atoms with Gasteiger partial charge in [-0.05, 0) is 24.1 Å². The van der Waals surface area contributed by atoms with Crippen LogP contribution in [-0.4, -0.2) is 25.2 Å². The first-order chi connectivity index (χ1) is 8.19. The Kier molecular flexibility index (Phi) is 3.15. The van der Waals surface area contributed by atoms with Gasteiger partial charge < -0.3 is 14.5 Å². The van der Waals surface area contributed by atoms with E-state index in [2.05, 4.69) is 4.98 Å². The number of methoxy groups -OCH3 is 2. The standard InChI is InChI=1S/C13H15NO3/c1-8-11-9(7-16-2)5-4-6-10(11)14-12(8)13(15)17-3/h4-6,14H,7H2,1-3H3. The van der Waals surface area contributed by atoms with Crippen LogP contribution in [0.5, 0.6) is 0 Å². The van der Waals surface area contributed by atoms with Crippen LogP contribution in [0.1, 0.15) is 21.6 Å². The summed E-state index contributed by atoms with van der Waals surface area (Å²) in [4.78, 5) is 14.7. The number of benzene rings is 1. The minimum Gasteiger partial charge on any atom is -0.464 e. The predicted octanol–water partition coefficient (Wildman–Crippen LogP) is 2.41. The SMILES string of the molecule is COCc1cccc2[nH]c(C(=O)OC)c(C)c12. The minimum absolute atomic E-state index is 0.345. The molecule has 2 rings (SSSR count). The molecule has 0 aliphatic carbocycles. The highest BCUT2D eigenvalue weighted by atomic mass is 16.5. The van der Waals surface area contributed by atoms with E-state index in [1.807, 2.05) is 25.1 Å². The van der Waals surface area contributed by atoms with Crippen LogP contribution in [0, 0.1) is 6.92 Å². The number of hydrogen-bond donors (Lipinski definition) is 1. The third-order valence-corrected chi connectivity index (χ3v) is 2.85. The van der Waals surface area contributed by atoms with Crippen LogP contribution in [0.2, 0.25) is 0 Å². The highest BCUT2D eigenvalue weighted by Crippen LogP contribution is 2.26. The summed E-state index contributed by atoms with van der Waals surface area (Å²) in [5.41, 5.74) is 3.40. The van der Waals surface area contributed by atoms with Crippen molar-refractivity contribution in [1.82, 2.24) is 4.98 Å². The summed E-state index contributed by atoms with van der Waals surface area (Å²) in [7, 11) is 3.03. The number of aromatic amines is 1. The van der Waals surface area contributed by atoms with Crippen molar-refractivity contribution in [3.63, 3.8) is 0 Å². The van der Waals surface area contributed by atoms with Crippen LogP contribution in [0.3, 0.4) is 0 Å². The van der Waals surface area contributed by atoms with Crippen molar-refractivity contribution in [2.75, 3.05) is 14.2 Å². The van der Waals surface area contributed by atoms with E-state index in [0.717, 1.165) is 22.0 Å². The number of H-pyrrole nitrogens is 1. The van der Waals surface area contributed by atoms with E-state index in [4.69, 9.17) is 9.47 Å². The van der Waals surface area contributed by atoms with Gasteiger partial charge in [-0.3, -0.25) is 0 Å². The quantitative estimate of drug-likeness (QED) is 0.828. The number of fused-ring (bicyclic) bond motifs is 1. The summed E-state index contributed by atoms with van der Waals surface area (Å²) in [6.07, 6.45) is 0. The fourth-order valence-corrected chi connectivity index (χ4v) is 2.08. The fourth-order valence-electron chi connectivity index (χ4n) is 2.08. The van der Waals surface area contributed by atoms with Gasteiger partial charge in [-0.15, -0.1) is 0 Å². The van der Waals surface area contributed by atoms with E-state index < -0.39 is 0 Å². The second kappa shape index (κ2) is 4.59. The Balaban J connectivity index is 2.65. The Bertz CT molecular complexity index is 557. The lowest BCUT2D eigenvalue weighted by Crippen LogP contribution is -2.03. The fraction of sp³-hybridized carbons (Fsp3) is 0.308. The molecule has 0 aliphatic rings. The normalized spacial score (nSPS) is 10.8. The van der Waals surface area contributed by atoms with Crippen molar-refractivity contribution in [3.8, 4) is 0 Å². The lowest BCUT2D eigenvalue weighted by Gasteiger charge is -2.02. The zero-order valence-electron chi connectivity index (χ0n) is 10.2. The summed E-state index contributed by atoms with van der Waals surface area (Å²) in [5, 5.41) is 1.04. The maximum Gasteiger partial charge on any atom is 0.354 e. The van der Waals surface area contributed by atoms with Gasteiger partial charge in [-0.1, -0.05) is 12.1 Å². The predicted molar refractivity (Wildman–Crippen MR) is 65.1 cm³/mol. The molecule has 0 spiro atoms. The molecule has 1 aromatic heterocycles. The molecule has 2 aromatic rings. The van der Waals surface area contributed by atoms with Gasteiger partial charge in [0.25, 0.3) is 0 Å². The molecule has 0 amide bonds. The minimum atomic E-state index is -0.345. The van der Waals surface area contributed by atoms with Crippen molar-refractivity contribution in [1.29, 1.82) is 0 Å². The van der Waals surface area contributed by atoms with E-state index in [0.29, 0.717) is 12.3 Å². The second-order valence-corrected chi connectivity index (χ2v) is 3.89. The van der Waals surface area contributed by atoms with Gasteiger partial charge in [0.15, 0.2) is 0 Å². The van der Waals surface area contributed by atoms with Crippen molar-refractivity contribution in [2.45, 2.75) is 13.5 Å². The van der Waals surface area contributed by atoms with Crippen molar-refractivity contribution in [2.24, 2.45) is 0 Å². The van der Waals surface area contributed by atoms with Crippen LogP contribution >= 0.6 is 0 Å². The van der Waals surface area contributed by atoms with Gasteiger partial charge >= 0.3 is 5.97 Å². The molecule has 4 nitrogen and oxygen atoms in total. The van der Waals surface area contributed by atoms with Crippen molar-refractivity contribution in [3.05, 3.63) is 35.0 Å². The average Bonchev–Trinajstić information content (AvgIpc) is 2.67. The van der Waals surface area contributed by atoms with Gasteiger partial charge in [0.1, 0.15) is 5.69 Å². The summed E-state index contributed by atoms with van der Waals surface area (Å²) in [6, 6.07) is 5.87. The van der Waals surface area contributed by atoms with Gasteiger partial charge in [0, 0.05) is 18.0 Å². The number of aromatic nitrogens is 1. The number of nitrogens with one attached hydrogen (secondary N) is 1. The Morgan fingerprint density at radius 1 is 1.35 bits per heavy atom. The largest absolute Gasteiger partial charge is 0.464 e. The molecular formula is C13H15NO3. The molecule has 90 valence electrons. The van der Waals surface area contributed by atoms with Gasteiger partial charge in [0.05, 0.1) is 13.7 Å². The number of aryl methyl sites for hydroxylation is 1. The Morgan fingerprint density at radius 3 is 2.76 bits per heavy atom.